The van der Waals surface area contributed by atoms with Gasteiger partial charge in [0.05, 0.1) is 6.54 Å². The summed E-state index contributed by atoms with van der Waals surface area (Å²) in [6.45, 7) is 11.3. The predicted octanol–water partition coefficient (Wildman–Crippen LogP) is 3.17. The van der Waals surface area contributed by atoms with E-state index < -0.39 is 0 Å². The number of piperidine rings is 1. The van der Waals surface area contributed by atoms with E-state index in [1.807, 2.05) is 12.3 Å². The number of aliphatic hydroxyl groups is 1. The Morgan fingerprint density at radius 3 is 2.71 bits per heavy atom. The number of rotatable bonds is 10. The molecule has 2 rings (SSSR count). The lowest BCUT2D eigenvalue weighted by molar-refractivity contribution is 0.243. The van der Waals surface area contributed by atoms with Gasteiger partial charge in [0.15, 0.2) is 5.96 Å². The molecule has 1 aliphatic heterocycles. The number of hydrogen-bond donors (Lipinski definition) is 3. The van der Waals surface area contributed by atoms with Gasteiger partial charge in [0.25, 0.3) is 0 Å². The average molecular weight is 390 g/mol. The highest BCUT2D eigenvalue weighted by Crippen LogP contribution is 2.19. The van der Waals surface area contributed by atoms with Crippen LogP contribution in [0.15, 0.2) is 23.3 Å². The summed E-state index contributed by atoms with van der Waals surface area (Å²) in [5.41, 5.74) is 1.18. The number of aliphatic hydroxyl groups excluding tert-OH is 1. The fourth-order valence-corrected chi connectivity index (χ4v) is 3.76. The number of aliphatic imine (C=N–C) groups is 1. The molecule has 0 radical (unpaired) electrons. The van der Waals surface area contributed by atoms with Crippen molar-refractivity contribution in [3.63, 3.8) is 0 Å². The minimum atomic E-state index is 0.239. The second-order valence-electron chi connectivity index (χ2n) is 8.15. The maximum Gasteiger partial charge on any atom is 0.191 e. The summed E-state index contributed by atoms with van der Waals surface area (Å²) in [6, 6.07) is 4.22. The molecule has 1 aliphatic rings. The van der Waals surface area contributed by atoms with E-state index >= 15 is 0 Å². The first-order valence-electron chi connectivity index (χ1n) is 10.9. The number of aromatic nitrogens is 1. The molecule has 1 aromatic heterocycles. The zero-order valence-electron chi connectivity index (χ0n) is 18.0. The number of nitrogens with one attached hydrogen (secondary N) is 2. The van der Waals surface area contributed by atoms with E-state index in [0.717, 1.165) is 50.8 Å². The molecule has 0 saturated carbocycles. The molecule has 2 heterocycles. The van der Waals surface area contributed by atoms with E-state index in [4.69, 9.17) is 4.99 Å². The third-order valence-corrected chi connectivity index (χ3v) is 5.15. The standard InChI is InChI=1S/C22H39N5O/c1-4-23-22(26-17-20(9-13-28)14-18(2)3)25-16-19-8-10-24-21(15-19)27-11-6-5-7-12-27/h8,10,15,18,20,28H,4-7,9,11-14,16-17H2,1-3H3,(H2,23,25,26). The van der Waals surface area contributed by atoms with Crippen LogP contribution in [-0.4, -0.2) is 48.8 Å². The van der Waals surface area contributed by atoms with Crippen molar-refractivity contribution in [3.8, 4) is 0 Å². The second-order valence-corrected chi connectivity index (χ2v) is 8.15. The summed E-state index contributed by atoms with van der Waals surface area (Å²) in [7, 11) is 0. The maximum absolute atomic E-state index is 9.32. The molecule has 1 saturated heterocycles. The van der Waals surface area contributed by atoms with Crippen molar-refractivity contribution < 1.29 is 5.11 Å². The SMILES string of the molecule is CCNC(=NCc1ccnc(N2CCCCC2)c1)NCC(CCO)CC(C)C. The third kappa shape index (κ3) is 8.05. The highest BCUT2D eigenvalue weighted by molar-refractivity contribution is 5.79. The first kappa shape index (κ1) is 22.5. The van der Waals surface area contributed by atoms with Crippen molar-refractivity contribution >= 4 is 11.8 Å². The monoisotopic (exact) mass is 389 g/mol. The van der Waals surface area contributed by atoms with Gasteiger partial charge in [0, 0.05) is 39.0 Å². The molecule has 6 heteroatoms. The van der Waals surface area contributed by atoms with E-state index in [1.54, 1.807) is 0 Å². The van der Waals surface area contributed by atoms with Gasteiger partial charge in [-0.25, -0.2) is 9.98 Å². The van der Waals surface area contributed by atoms with Crippen molar-refractivity contribution in [2.75, 3.05) is 37.7 Å². The van der Waals surface area contributed by atoms with Crippen LogP contribution in [0.5, 0.6) is 0 Å². The molecule has 1 unspecified atom stereocenters. The molecule has 0 bridgehead atoms. The normalized spacial score (nSPS) is 16.3. The summed E-state index contributed by atoms with van der Waals surface area (Å²) in [5.74, 6) is 3.00. The molecule has 1 fully saturated rings. The van der Waals surface area contributed by atoms with Crippen LogP contribution < -0.4 is 15.5 Å². The Balaban J connectivity index is 1.95. The zero-order valence-corrected chi connectivity index (χ0v) is 18.0. The van der Waals surface area contributed by atoms with Crippen molar-refractivity contribution in [3.05, 3.63) is 23.9 Å². The maximum atomic E-state index is 9.32. The van der Waals surface area contributed by atoms with Crippen LogP contribution >= 0.6 is 0 Å². The molecule has 1 atom stereocenters. The van der Waals surface area contributed by atoms with Crippen LogP contribution in [0.2, 0.25) is 0 Å². The number of guanidine groups is 1. The van der Waals surface area contributed by atoms with Gasteiger partial charge >= 0.3 is 0 Å². The van der Waals surface area contributed by atoms with Crippen LogP contribution in [0, 0.1) is 11.8 Å². The summed E-state index contributed by atoms with van der Waals surface area (Å²) >= 11 is 0. The molecule has 0 aliphatic carbocycles. The minimum Gasteiger partial charge on any atom is -0.396 e. The van der Waals surface area contributed by atoms with Crippen molar-refractivity contribution in [1.82, 2.24) is 15.6 Å². The van der Waals surface area contributed by atoms with E-state index in [1.165, 1.54) is 24.8 Å². The molecule has 1 aromatic rings. The predicted molar refractivity (Wildman–Crippen MR) is 118 cm³/mol. The van der Waals surface area contributed by atoms with E-state index in [9.17, 15) is 5.11 Å². The van der Waals surface area contributed by atoms with Crippen LogP contribution in [0.1, 0.15) is 58.4 Å². The molecule has 0 spiro atoms. The average Bonchev–Trinajstić information content (AvgIpc) is 2.70. The second kappa shape index (κ2) is 12.6. The van der Waals surface area contributed by atoms with Gasteiger partial charge in [0.2, 0.25) is 0 Å². The number of pyridine rings is 1. The lowest BCUT2D eigenvalue weighted by Crippen LogP contribution is -2.40. The van der Waals surface area contributed by atoms with Crippen LogP contribution in [0.25, 0.3) is 0 Å². The van der Waals surface area contributed by atoms with E-state index in [2.05, 4.69) is 47.4 Å². The number of nitrogens with zero attached hydrogens (tertiary/aromatic N) is 3. The first-order valence-corrected chi connectivity index (χ1v) is 10.9. The number of anilines is 1. The Morgan fingerprint density at radius 2 is 2.04 bits per heavy atom. The Bertz CT molecular complexity index is 584. The highest BCUT2D eigenvalue weighted by Gasteiger charge is 2.13. The van der Waals surface area contributed by atoms with Gasteiger partial charge in [-0.1, -0.05) is 13.8 Å². The molecule has 158 valence electrons. The fraction of sp³-hybridized carbons (Fsp3) is 0.727. The first-order chi connectivity index (χ1) is 13.6. The topological polar surface area (TPSA) is 72.8 Å². The Kier molecular flexibility index (Phi) is 10.1. The summed E-state index contributed by atoms with van der Waals surface area (Å²) in [6.07, 6.45) is 7.67. The third-order valence-electron chi connectivity index (χ3n) is 5.15. The van der Waals surface area contributed by atoms with Gasteiger partial charge in [-0.2, -0.15) is 0 Å². The molecule has 28 heavy (non-hydrogen) atoms. The lowest BCUT2D eigenvalue weighted by Gasteiger charge is -2.27. The van der Waals surface area contributed by atoms with Crippen molar-refractivity contribution in [2.45, 2.75) is 59.4 Å². The molecule has 0 aromatic carbocycles. The summed E-state index contributed by atoms with van der Waals surface area (Å²) in [5, 5.41) is 16.1. The summed E-state index contributed by atoms with van der Waals surface area (Å²) < 4.78 is 0. The Morgan fingerprint density at radius 1 is 1.25 bits per heavy atom. The minimum absolute atomic E-state index is 0.239. The van der Waals surface area contributed by atoms with E-state index in [0.29, 0.717) is 18.4 Å². The summed E-state index contributed by atoms with van der Waals surface area (Å²) in [4.78, 5) is 11.7. The molecule has 6 nitrogen and oxygen atoms in total. The molecule has 3 N–H and O–H groups in total. The van der Waals surface area contributed by atoms with Crippen molar-refractivity contribution in [1.29, 1.82) is 0 Å². The lowest BCUT2D eigenvalue weighted by atomic mass is 9.94. The van der Waals surface area contributed by atoms with Gasteiger partial charge in [-0.05, 0) is 68.6 Å². The van der Waals surface area contributed by atoms with Gasteiger partial charge < -0.3 is 20.6 Å². The van der Waals surface area contributed by atoms with Crippen LogP contribution in [0.3, 0.4) is 0 Å². The molecule has 0 amide bonds. The van der Waals surface area contributed by atoms with E-state index in [-0.39, 0.29) is 6.61 Å². The largest absolute Gasteiger partial charge is 0.396 e. The molecular formula is C22H39N5O. The fourth-order valence-electron chi connectivity index (χ4n) is 3.76. The van der Waals surface area contributed by atoms with Crippen molar-refractivity contribution in [2.24, 2.45) is 16.8 Å². The van der Waals surface area contributed by atoms with Gasteiger partial charge in [-0.15, -0.1) is 0 Å². The Hall–Kier alpha value is -1.82. The zero-order chi connectivity index (χ0) is 20.2. The Labute approximate surface area is 170 Å². The molecular weight excluding hydrogens is 350 g/mol. The number of hydrogen-bond acceptors (Lipinski definition) is 4. The van der Waals surface area contributed by atoms with Crippen LogP contribution in [0.4, 0.5) is 5.82 Å². The van der Waals surface area contributed by atoms with Gasteiger partial charge in [-0.3, -0.25) is 0 Å². The smallest absolute Gasteiger partial charge is 0.191 e. The quantitative estimate of drug-likeness (QED) is 0.423. The highest BCUT2D eigenvalue weighted by atomic mass is 16.3. The van der Waals surface area contributed by atoms with Crippen LogP contribution in [-0.2, 0) is 6.54 Å². The van der Waals surface area contributed by atoms with Gasteiger partial charge in [0.1, 0.15) is 5.82 Å².